The van der Waals surface area contributed by atoms with Crippen LogP contribution in [0.15, 0.2) is 0 Å². The van der Waals surface area contributed by atoms with Crippen LogP contribution in [0.4, 0.5) is 13.2 Å². The van der Waals surface area contributed by atoms with Crippen LogP contribution in [0.2, 0.25) is 0 Å². The summed E-state index contributed by atoms with van der Waals surface area (Å²) < 4.78 is 38.7. The van der Waals surface area contributed by atoms with E-state index in [-0.39, 0.29) is 11.8 Å². The lowest BCUT2D eigenvalue weighted by molar-refractivity contribution is -0.187. The molecular formula is C8H13F3O2. The second-order valence-corrected chi connectivity index (χ2v) is 4.01. The third-order valence-corrected chi connectivity index (χ3v) is 1.07. The van der Waals surface area contributed by atoms with E-state index in [0.29, 0.717) is 0 Å². The van der Waals surface area contributed by atoms with Crippen LogP contribution in [0.3, 0.4) is 0 Å². The Morgan fingerprint density at radius 1 is 1.23 bits per heavy atom. The van der Waals surface area contributed by atoms with Crippen LogP contribution in [0.1, 0.15) is 27.2 Å². The van der Waals surface area contributed by atoms with Crippen molar-refractivity contribution in [2.45, 2.75) is 33.4 Å². The molecule has 0 heterocycles. The van der Waals surface area contributed by atoms with Crippen molar-refractivity contribution in [2.75, 3.05) is 6.61 Å². The van der Waals surface area contributed by atoms with Gasteiger partial charge in [-0.1, -0.05) is 20.8 Å². The van der Waals surface area contributed by atoms with E-state index < -0.39 is 18.8 Å². The Morgan fingerprint density at radius 2 is 1.69 bits per heavy atom. The Labute approximate surface area is 75.1 Å². The summed E-state index contributed by atoms with van der Waals surface area (Å²) in [5, 5.41) is 0. The quantitative estimate of drug-likeness (QED) is 0.637. The molecule has 5 heteroatoms. The molecule has 0 aliphatic rings. The number of hydrogen-bond acceptors (Lipinski definition) is 2. The van der Waals surface area contributed by atoms with Crippen LogP contribution < -0.4 is 0 Å². The number of hydrogen-bond donors (Lipinski definition) is 0. The van der Waals surface area contributed by atoms with Crippen LogP contribution >= 0.6 is 0 Å². The van der Waals surface area contributed by atoms with E-state index in [9.17, 15) is 18.0 Å². The molecule has 0 fully saturated rings. The maximum atomic E-state index is 11.6. The van der Waals surface area contributed by atoms with Crippen LogP contribution in [-0.2, 0) is 9.53 Å². The molecule has 0 saturated carbocycles. The largest absolute Gasteiger partial charge is 0.456 e. The monoisotopic (exact) mass is 198 g/mol. The molecule has 0 saturated heterocycles. The Balaban J connectivity index is 3.78. The van der Waals surface area contributed by atoms with Crippen molar-refractivity contribution in [3.05, 3.63) is 0 Å². The molecule has 0 atom stereocenters. The van der Waals surface area contributed by atoms with Gasteiger partial charge in [0.2, 0.25) is 0 Å². The zero-order chi connectivity index (χ0) is 10.7. The van der Waals surface area contributed by atoms with Gasteiger partial charge in [0.25, 0.3) is 0 Å². The summed E-state index contributed by atoms with van der Waals surface area (Å²) in [7, 11) is 0. The molecule has 0 aliphatic heterocycles. The molecule has 2 nitrogen and oxygen atoms in total. The maximum Gasteiger partial charge on any atom is 0.422 e. The second-order valence-electron chi connectivity index (χ2n) is 4.01. The number of carbonyl (C=O) groups excluding carboxylic acids is 1. The fourth-order valence-electron chi connectivity index (χ4n) is 0.646. The van der Waals surface area contributed by atoms with Gasteiger partial charge in [0, 0.05) is 0 Å². The van der Waals surface area contributed by atoms with Gasteiger partial charge in [0.05, 0.1) is 6.42 Å². The van der Waals surface area contributed by atoms with Gasteiger partial charge in [0.15, 0.2) is 6.61 Å². The molecule has 0 aliphatic carbocycles. The Bertz CT molecular complexity index is 179. The first-order chi connectivity index (χ1) is 5.60. The zero-order valence-electron chi connectivity index (χ0n) is 7.86. The molecular weight excluding hydrogens is 185 g/mol. The molecule has 0 N–H and O–H groups in total. The number of carbonyl (C=O) groups is 1. The molecule has 0 aromatic rings. The van der Waals surface area contributed by atoms with Gasteiger partial charge in [-0.3, -0.25) is 4.79 Å². The molecule has 13 heavy (non-hydrogen) atoms. The minimum Gasteiger partial charge on any atom is -0.456 e. The van der Waals surface area contributed by atoms with Crippen LogP contribution in [0.25, 0.3) is 0 Å². The highest BCUT2D eigenvalue weighted by atomic mass is 19.4. The van der Waals surface area contributed by atoms with Crippen LogP contribution in [0, 0.1) is 5.41 Å². The summed E-state index contributed by atoms with van der Waals surface area (Å²) in [4.78, 5) is 10.8. The highest BCUT2D eigenvalue weighted by Gasteiger charge is 2.30. The summed E-state index contributed by atoms with van der Waals surface area (Å²) in [6, 6.07) is 0. The minimum absolute atomic E-state index is 0.0108. The number of alkyl halides is 3. The van der Waals surface area contributed by atoms with Crippen molar-refractivity contribution in [3.8, 4) is 0 Å². The predicted molar refractivity (Wildman–Crippen MR) is 41.1 cm³/mol. The standard InChI is InChI=1S/C8H13F3O2/c1-7(2,3)4-6(12)13-5-8(9,10)11/h4-5H2,1-3H3. The van der Waals surface area contributed by atoms with Gasteiger partial charge in [-0.15, -0.1) is 0 Å². The van der Waals surface area contributed by atoms with Crippen molar-refractivity contribution in [1.82, 2.24) is 0 Å². The van der Waals surface area contributed by atoms with Gasteiger partial charge in [-0.25, -0.2) is 0 Å². The first kappa shape index (κ1) is 12.3. The topological polar surface area (TPSA) is 26.3 Å². The van der Waals surface area contributed by atoms with Gasteiger partial charge in [0.1, 0.15) is 0 Å². The second kappa shape index (κ2) is 3.98. The third kappa shape index (κ3) is 9.17. The summed E-state index contributed by atoms with van der Waals surface area (Å²) in [6.07, 6.45) is -4.45. The summed E-state index contributed by atoms with van der Waals surface area (Å²) in [5.41, 5.74) is -0.345. The Hall–Kier alpha value is -0.740. The van der Waals surface area contributed by atoms with Crippen molar-refractivity contribution in [2.24, 2.45) is 5.41 Å². The summed E-state index contributed by atoms with van der Waals surface area (Å²) in [6.45, 7) is 3.76. The molecule has 0 radical (unpaired) electrons. The summed E-state index contributed by atoms with van der Waals surface area (Å²) >= 11 is 0. The van der Waals surface area contributed by atoms with Crippen molar-refractivity contribution < 1.29 is 22.7 Å². The molecule has 0 unspecified atom stereocenters. The fraction of sp³-hybridized carbons (Fsp3) is 0.875. The first-order valence-electron chi connectivity index (χ1n) is 3.82. The lowest BCUT2D eigenvalue weighted by Crippen LogP contribution is -2.23. The molecule has 0 rings (SSSR count). The average Bonchev–Trinajstić information content (AvgIpc) is 1.78. The van der Waals surface area contributed by atoms with E-state index in [1.165, 1.54) is 0 Å². The van der Waals surface area contributed by atoms with Crippen LogP contribution in [0.5, 0.6) is 0 Å². The average molecular weight is 198 g/mol. The Morgan fingerprint density at radius 3 is 2.00 bits per heavy atom. The Kier molecular flexibility index (Phi) is 3.75. The van der Waals surface area contributed by atoms with E-state index in [2.05, 4.69) is 4.74 Å². The lowest BCUT2D eigenvalue weighted by Gasteiger charge is -2.16. The fourth-order valence-corrected chi connectivity index (χ4v) is 0.646. The highest BCUT2D eigenvalue weighted by Crippen LogP contribution is 2.20. The van der Waals surface area contributed by atoms with Gasteiger partial charge in [-0.05, 0) is 5.41 Å². The minimum atomic E-state index is -4.44. The zero-order valence-corrected chi connectivity index (χ0v) is 7.86. The van der Waals surface area contributed by atoms with E-state index >= 15 is 0 Å². The van der Waals surface area contributed by atoms with Gasteiger partial charge >= 0.3 is 12.1 Å². The van der Waals surface area contributed by atoms with E-state index in [1.54, 1.807) is 20.8 Å². The molecule has 0 bridgehead atoms. The smallest absolute Gasteiger partial charge is 0.422 e. The van der Waals surface area contributed by atoms with Gasteiger partial charge in [-0.2, -0.15) is 13.2 Å². The lowest BCUT2D eigenvalue weighted by atomic mass is 9.93. The molecule has 78 valence electrons. The van der Waals surface area contributed by atoms with E-state index in [0.717, 1.165) is 0 Å². The van der Waals surface area contributed by atoms with E-state index in [1.807, 2.05) is 0 Å². The molecule has 0 amide bonds. The predicted octanol–water partition coefficient (Wildman–Crippen LogP) is 2.53. The molecule has 0 aromatic heterocycles. The van der Waals surface area contributed by atoms with E-state index in [4.69, 9.17) is 0 Å². The normalized spacial score (nSPS) is 12.8. The third-order valence-electron chi connectivity index (χ3n) is 1.07. The first-order valence-corrected chi connectivity index (χ1v) is 3.82. The molecule has 0 aromatic carbocycles. The van der Waals surface area contributed by atoms with Crippen molar-refractivity contribution in [3.63, 3.8) is 0 Å². The SMILES string of the molecule is CC(C)(C)CC(=O)OCC(F)(F)F. The highest BCUT2D eigenvalue weighted by molar-refractivity contribution is 5.70. The van der Waals surface area contributed by atoms with Gasteiger partial charge < -0.3 is 4.74 Å². The number of esters is 1. The molecule has 0 spiro atoms. The number of halogens is 3. The van der Waals surface area contributed by atoms with Crippen molar-refractivity contribution in [1.29, 1.82) is 0 Å². The van der Waals surface area contributed by atoms with Crippen LogP contribution in [-0.4, -0.2) is 18.8 Å². The number of ether oxygens (including phenoxy) is 1. The number of rotatable bonds is 2. The summed E-state index contributed by atoms with van der Waals surface area (Å²) in [5.74, 6) is -0.815. The maximum absolute atomic E-state index is 11.6. The van der Waals surface area contributed by atoms with Crippen molar-refractivity contribution >= 4 is 5.97 Å².